The van der Waals surface area contributed by atoms with Gasteiger partial charge >= 0.3 is 0 Å². The van der Waals surface area contributed by atoms with Gasteiger partial charge in [0.15, 0.2) is 5.58 Å². The normalized spacial score (nSPS) is 23.4. The van der Waals surface area contributed by atoms with Gasteiger partial charge in [-0.3, -0.25) is 0 Å². The summed E-state index contributed by atoms with van der Waals surface area (Å²) in [5.41, 5.74) is 17.3. The van der Waals surface area contributed by atoms with Crippen molar-refractivity contribution in [1.82, 2.24) is 0 Å². The number of hydrogen-bond donors (Lipinski definition) is 0. The Balaban J connectivity index is 1.11. The molecule has 1 aromatic heterocycles. The number of nitrogens with zero attached hydrogens (tertiary/aromatic N) is 3. The Hall–Kier alpha value is -6.20. The van der Waals surface area contributed by atoms with Crippen molar-refractivity contribution in [1.29, 1.82) is 0 Å². The Labute approximate surface area is 346 Å². The summed E-state index contributed by atoms with van der Waals surface area (Å²) in [6, 6.07) is 58.4. The molecule has 0 saturated heterocycles. The summed E-state index contributed by atoms with van der Waals surface area (Å²) < 4.78 is 6.89. The Morgan fingerprint density at radius 2 is 1.24 bits per heavy atom. The van der Waals surface area contributed by atoms with Crippen molar-refractivity contribution in [3.05, 3.63) is 163 Å². The van der Waals surface area contributed by atoms with Crippen LogP contribution in [0.4, 0.5) is 45.5 Å². The molecule has 4 unspecified atom stereocenters. The summed E-state index contributed by atoms with van der Waals surface area (Å²) in [5.74, 6) is 1.59. The van der Waals surface area contributed by atoms with Crippen molar-refractivity contribution in [2.45, 2.75) is 63.3 Å². The first-order chi connectivity index (χ1) is 29.0. The van der Waals surface area contributed by atoms with Gasteiger partial charge in [0, 0.05) is 56.0 Å². The van der Waals surface area contributed by atoms with E-state index in [1.165, 1.54) is 77.7 Å². The van der Waals surface area contributed by atoms with Crippen molar-refractivity contribution in [3.63, 3.8) is 0 Å². The standard InChI is InChI=1S/C54H46BN3O/c1-53-33-35-16-9-10-17-36(35)34-54(53,2)58-45-25-13-12-24-43(45)55-44-30-28-39(56(37-18-5-3-6-19-37)38-20-7-4-8-21-38)32-48(44)57(46-31-29-42(53)51(58)50(46)55)47-26-15-23-41-40-22-11-14-27-49(40)59-52(41)47/h3-8,11-15,18-32,35-36H,9-10,16-17,33-34H2,1-2H3. The van der Waals surface area contributed by atoms with Gasteiger partial charge in [0.1, 0.15) is 5.58 Å². The van der Waals surface area contributed by atoms with Crippen molar-refractivity contribution in [3.8, 4) is 0 Å². The van der Waals surface area contributed by atoms with Gasteiger partial charge in [0.2, 0.25) is 0 Å². The zero-order valence-corrected chi connectivity index (χ0v) is 33.7. The molecule has 2 fully saturated rings. The van der Waals surface area contributed by atoms with Crippen molar-refractivity contribution < 1.29 is 4.42 Å². The maximum Gasteiger partial charge on any atom is 0.252 e. The third kappa shape index (κ3) is 4.46. The summed E-state index contributed by atoms with van der Waals surface area (Å²) in [6.45, 7) is 5.34. The second-order valence-electron chi connectivity index (χ2n) is 18.4. The van der Waals surface area contributed by atoms with Crippen LogP contribution in [-0.4, -0.2) is 12.3 Å². The van der Waals surface area contributed by atoms with E-state index in [4.69, 9.17) is 4.42 Å². The first-order valence-corrected chi connectivity index (χ1v) is 21.8. The number of benzene rings is 7. The van der Waals surface area contributed by atoms with Gasteiger partial charge in [-0.2, -0.15) is 0 Å². The monoisotopic (exact) mass is 763 g/mol. The Morgan fingerprint density at radius 3 is 2.03 bits per heavy atom. The van der Waals surface area contributed by atoms with Crippen molar-refractivity contribution in [2.75, 3.05) is 14.7 Å². The molecular weight excluding hydrogens is 717 g/mol. The van der Waals surface area contributed by atoms with E-state index in [2.05, 4.69) is 186 Å². The molecule has 4 atom stereocenters. The highest BCUT2D eigenvalue weighted by Gasteiger charge is 2.64. The molecule has 0 N–H and O–H groups in total. The molecular formula is C54H46BN3O. The van der Waals surface area contributed by atoms with Crippen LogP contribution < -0.4 is 31.1 Å². The molecule has 5 aliphatic rings. The third-order valence-corrected chi connectivity index (χ3v) is 15.6. The number of anilines is 8. The first kappa shape index (κ1) is 33.7. The SMILES string of the molecule is CC12CC3CCCCC3CC1(C)N1c3ccccc3B3c4ccc(N(c5ccccc5)c5ccccc5)cc4N(c4cccc5c4oc4ccccc45)c4ccc2c1c43. The van der Waals surface area contributed by atoms with Crippen molar-refractivity contribution in [2.24, 2.45) is 11.8 Å². The number of rotatable bonds is 4. The highest BCUT2D eigenvalue weighted by molar-refractivity contribution is 7.00. The molecule has 0 amide bonds. The number of para-hydroxylation sites is 5. The average Bonchev–Trinajstić information content (AvgIpc) is 3.76. The molecule has 5 heteroatoms. The Bertz CT molecular complexity index is 2960. The average molecular weight is 764 g/mol. The minimum absolute atomic E-state index is 0.0242. The molecule has 59 heavy (non-hydrogen) atoms. The lowest BCUT2D eigenvalue weighted by Gasteiger charge is -2.57. The van der Waals surface area contributed by atoms with E-state index in [0.29, 0.717) is 0 Å². The van der Waals surface area contributed by atoms with Gasteiger partial charge in [0.25, 0.3) is 6.71 Å². The molecule has 0 bridgehead atoms. The predicted octanol–water partition coefficient (Wildman–Crippen LogP) is 12.4. The molecule has 2 saturated carbocycles. The smallest absolute Gasteiger partial charge is 0.252 e. The fraction of sp³-hybridized carbons (Fsp3) is 0.222. The van der Waals surface area contributed by atoms with Crippen LogP contribution in [0.3, 0.4) is 0 Å². The van der Waals surface area contributed by atoms with Crippen LogP contribution in [0.25, 0.3) is 21.9 Å². The highest BCUT2D eigenvalue weighted by Crippen LogP contribution is 2.65. The van der Waals surface area contributed by atoms with E-state index < -0.39 is 0 Å². The fourth-order valence-electron chi connectivity index (χ4n) is 12.9. The quantitative estimate of drug-likeness (QED) is 0.167. The number of hydrogen-bond acceptors (Lipinski definition) is 4. The van der Waals surface area contributed by atoms with Gasteiger partial charge in [-0.25, -0.2) is 0 Å². The first-order valence-electron chi connectivity index (χ1n) is 21.8. The highest BCUT2D eigenvalue weighted by atomic mass is 16.3. The summed E-state index contributed by atoms with van der Waals surface area (Å²) in [7, 11) is 0. The zero-order valence-electron chi connectivity index (χ0n) is 33.7. The van der Waals surface area contributed by atoms with Crippen LogP contribution in [0.1, 0.15) is 57.9 Å². The molecule has 8 aromatic rings. The Kier molecular flexibility index (Phi) is 6.96. The third-order valence-electron chi connectivity index (χ3n) is 15.6. The van der Waals surface area contributed by atoms with Crippen LogP contribution in [-0.2, 0) is 5.41 Å². The minimum Gasteiger partial charge on any atom is -0.454 e. The lowest BCUT2D eigenvalue weighted by Crippen LogP contribution is -2.65. The molecule has 7 aromatic carbocycles. The number of furan rings is 1. The summed E-state index contributed by atoms with van der Waals surface area (Å²) in [6.07, 6.45) is 8.02. The molecule has 4 nitrogen and oxygen atoms in total. The molecule has 2 aliphatic carbocycles. The minimum atomic E-state index is -0.0242. The van der Waals surface area contributed by atoms with Gasteiger partial charge in [-0.1, -0.05) is 130 Å². The lowest BCUT2D eigenvalue weighted by atomic mass is 9.33. The van der Waals surface area contributed by atoms with E-state index in [0.717, 1.165) is 56.5 Å². The molecule has 3 aliphatic heterocycles. The maximum absolute atomic E-state index is 6.89. The maximum atomic E-state index is 6.89. The number of fused-ring (bicyclic) bond motifs is 12. The molecule has 13 rings (SSSR count). The lowest BCUT2D eigenvalue weighted by molar-refractivity contribution is 0.0581. The molecule has 0 spiro atoms. The van der Waals surface area contributed by atoms with E-state index in [1.807, 2.05) is 0 Å². The summed E-state index contributed by atoms with van der Waals surface area (Å²) >= 11 is 0. The second-order valence-corrected chi connectivity index (χ2v) is 18.4. The summed E-state index contributed by atoms with van der Waals surface area (Å²) in [4.78, 5) is 7.81. The van der Waals surface area contributed by atoms with E-state index in [-0.39, 0.29) is 17.7 Å². The van der Waals surface area contributed by atoms with Crippen LogP contribution in [0.5, 0.6) is 0 Å². The van der Waals surface area contributed by atoms with Gasteiger partial charge < -0.3 is 19.1 Å². The van der Waals surface area contributed by atoms with Crippen LogP contribution in [0.2, 0.25) is 0 Å². The van der Waals surface area contributed by atoms with Crippen LogP contribution >= 0.6 is 0 Å². The second kappa shape index (κ2) is 12.2. The van der Waals surface area contributed by atoms with Gasteiger partial charge in [-0.15, -0.1) is 0 Å². The molecule has 286 valence electrons. The summed E-state index contributed by atoms with van der Waals surface area (Å²) in [5, 5.41) is 2.29. The van der Waals surface area contributed by atoms with Crippen LogP contribution in [0.15, 0.2) is 162 Å². The van der Waals surface area contributed by atoms with E-state index in [1.54, 1.807) is 5.56 Å². The van der Waals surface area contributed by atoms with Gasteiger partial charge in [0.05, 0.1) is 11.2 Å². The largest absolute Gasteiger partial charge is 0.454 e. The predicted molar refractivity (Wildman–Crippen MR) is 247 cm³/mol. The fourth-order valence-corrected chi connectivity index (χ4v) is 12.9. The Morgan fingerprint density at radius 1 is 0.576 bits per heavy atom. The van der Waals surface area contributed by atoms with E-state index >= 15 is 0 Å². The van der Waals surface area contributed by atoms with E-state index in [9.17, 15) is 0 Å². The van der Waals surface area contributed by atoms with Crippen molar-refractivity contribution >= 4 is 90.5 Å². The molecule has 0 radical (unpaired) electrons. The molecule has 4 heterocycles. The van der Waals surface area contributed by atoms with Gasteiger partial charge in [-0.05, 0) is 114 Å². The zero-order chi connectivity index (χ0) is 39.0. The topological polar surface area (TPSA) is 22.9 Å². The van der Waals surface area contributed by atoms with Crippen LogP contribution in [0, 0.1) is 11.8 Å².